The van der Waals surface area contributed by atoms with E-state index in [2.05, 4.69) is 21.7 Å². The average Bonchev–Trinajstić information content (AvgIpc) is 3.15. The van der Waals surface area contributed by atoms with E-state index in [1.54, 1.807) is 24.3 Å². The van der Waals surface area contributed by atoms with E-state index in [0.717, 1.165) is 50.6 Å². The summed E-state index contributed by atoms with van der Waals surface area (Å²) in [4.78, 5) is 30.3. The number of aromatic nitrogens is 2. The largest absolute Gasteiger partial charge is 0.348 e. The van der Waals surface area contributed by atoms with Crippen LogP contribution in [0.2, 0.25) is 0 Å². The summed E-state index contributed by atoms with van der Waals surface area (Å²) < 4.78 is 1.88. The number of carbonyl (C=O) groups is 2. The smallest absolute Gasteiger partial charge is 0.291 e. The summed E-state index contributed by atoms with van der Waals surface area (Å²) in [6.07, 6.45) is 8.21. The van der Waals surface area contributed by atoms with Crippen LogP contribution >= 0.6 is 0 Å². The molecule has 2 aliphatic rings. The number of nitrogens with zero attached hydrogens (tertiary/aromatic N) is 3. The van der Waals surface area contributed by atoms with E-state index >= 15 is 0 Å². The topological polar surface area (TPSA) is 99.8 Å². The van der Waals surface area contributed by atoms with E-state index < -0.39 is 0 Å². The van der Waals surface area contributed by atoms with Gasteiger partial charge in [-0.15, -0.1) is 0 Å². The maximum atomic E-state index is 12.9. The van der Waals surface area contributed by atoms with Crippen LogP contribution in [-0.2, 0) is 13.0 Å². The first kappa shape index (κ1) is 19.2. The fourth-order valence-electron chi connectivity index (χ4n) is 4.25. The summed E-state index contributed by atoms with van der Waals surface area (Å²) >= 11 is 0. The van der Waals surface area contributed by atoms with Gasteiger partial charge in [0.15, 0.2) is 5.82 Å². The maximum absolute atomic E-state index is 12.9. The number of amides is 2. The Morgan fingerprint density at radius 2 is 1.93 bits per heavy atom. The van der Waals surface area contributed by atoms with Crippen LogP contribution in [0.4, 0.5) is 5.69 Å². The SMILES string of the molecule is N#Cc1cccc(NC(=O)c2nc(C(=O)NC3CCCCC3)c3n2CCCC3)c1. The second-order valence-corrected chi connectivity index (χ2v) is 7.79. The van der Waals surface area contributed by atoms with Crippen molar-refractivity contribution in [2.45, 2.75) is 64.0 Å². The second-order valence-electron chi connectivity index (χ2n) is 7.79. The van der Waals surface area contributed by atoms with E-state index in [9.17, 15) is 9.59 Å². The lowest BCUT2D eigenvalue weighted by Crippen LogP contribution is -2.37. The Kier molecular flexibility index (Phi) is 5.61. The molecule has 1 saturated carbocycles. The van der Waals surface area contributed by atoms with Crippen LogP contribution < -0.4 is 10.6 Å². The highest BCUT2D eigenvalue weighted by Gasteiger charge is 2.28. The van der Waals surface area contributed by atoms with Crippen molar-refractivity contribution >= 4 is 17.5 Å². The molecule has 7 nitrogen and oxygen atoms in total. The number of nitriles is 1. The van der Waals surface area contributed by atoms with Crippen molar-refractivity contribution in [3.63, 3.8) is 0 Å². The lowest BCUT2D eigenvalue weighted by atomic mass is 9.95. The van der Waals surface area contributed by atoms with Gasteiger partial charge in [0.1, 0.15) is 5.69 Å². The zero-order chi connectivity index (χ0) is 20.2. The predicted octanol–water partition coefficient (Wildman–Crippen LogP) is 3.41. The number of rotatable bonds is 4. The zero-order valence-corrected chi connectivity index (χ0v) is 16.4. The third-order valence-electron chi connectivity index (χ3n) is 5.73. The summed E-state index contributed by atoms with van der Waals surface area (Å²) in [5, 5.41) is 15.0. The Labute approximate surface area is 170 Å². The van der Waals surface area contributed by atoms with E-state index in [0.29, 0.717) is 23.5 Å². The van der Waals surface area contributed by atoms with E-state index in [1.165, 1.54) is 6.42 Å². The molecule has 29 heavy (non-hydrogen) atoms. The standard InChI is InChI=1S/C22H25N5O2/c23-14-15-7-6-10-17(13-15)25-22(29)20-26-19(18-11-4-5-12-27(18)20)21(28)24-16-8-2-1-3-9-16/h6-7,10,13,16H,1-5,8-9,11-12H2,(H,24,28)(H,25,29). The molecule has 4 rings (SSSR count). The second kappa shape index (κ2) is 8.48. The molecule has 0 bridgehead atoms. The molecule has 7 heteroatoms. The van der Waals surface area contributed by atoms with Crippen LogP contribution in [0.1, 0.15) is 77.3 Å². The molecule has 2 N–H and O–H groups in total. The van der Waals surface area contributed by atoms with Gasteiger partial charge in [0.2, 0.25) is 0 Å². The minimum absolute atomic E-state index is 0.173. The molecule has 1 aromatic carbocycles. The molecule has 2 amide bonds. The fourth-order valence-corrected chi connectivity index (χ4v) is 4.25. The molecule has 0 radical (unpaired) electrons. The number of fused-ring (bicyclic) bond motifs is 1. The van der Waals surface area contributed by atoms with Crippen molar-refractivity contribution in [3.8, 4) is 6.07 Å². The molecule has 1 aliphatic heterocycles. The number of nitrogens with one attached hydrogen (secondary N) is 2. The summed E-state index contributed by atoms with van der Waals surface area (Å²) in [6, 6.07) is 9.01. The van der Waals surface area contributed by atoms with E-state index in [4.69, 9.17) is 5.26 Å². The first-order valence-electron chi connectivity index (χ1n) is 10.4. The highest BCUT2D eigenvalue weighted by Crippen LogP contribution is 2.23. The molecular formula is C22H25N5O2. The quantitative estimate of drug-likeness (QED) is 0.834. The van der Waals surface area contributed by atoms with Gasteiger partial charge in [-0.05, 0) is 50.3 Å². The maximum Gasteiger partial charge on any atom is 0.291 e. The lowest BCUT2D eigenvalue weighted by molar-refractivity contribution is 0.0921. The minimum Gasteiger partial charge on any atom is -0.348 e. The summed E-state index contributed by atoms with van der Waals surface area (Å²) in [7, 11) is 0. The summed E-state index contributed by atoms with van der Waals surface area (Å²) in [5.41, 5.74) is 2.24. The molecule has 0 saturated heterocycles. The predicted molar refractivity (Wildman–Crippen MR) is 109 cm³/mol. The Morgan fingerprint density at radius 1 is 1.10 bits per heavy atom. The van der Waals surface area contributed by atoms with Crippen molar-refractivity contribution in [3.05, 3.63) is 47.0 Å². The molecule has 2 aromatic rings. The Morgan fingerprint density at radius 3 is 2.72 bits per heavy atom. The van der Waals surface area contributed by atoms with Crippen LogP contribution in [0.15, 0.2) is 24.3 Å². The van der Waals surface area contributed by atoms with Gasteiger partial charge in [-0.3, -0.25) is 9.59 Å². The van der Waals surface area contributed by atoms with Gasteiger partial charge in [-0.1, -0.05) is 25.3 Å². The summed E-state index contributed by atoms with van der Waals surface area (Å²) in [5.74, 6) is -0.274. The van der Waals surface area contributed by atoms with E-state index in [-0.39, 0.29) is 23.7 Å². The number of imidazole rings is 1. The first-order chi connectivity index (χ1) is 14.2. The monoisotopic (exact) mass is 391 g/mol. The van der Waals surface area contributed by atoms with Crippen LogP contribution in [0.3, 0.4) is 0 Å². The van der Waals surface area contributed by atoms with Gasteiger partial charge in [0.05, 0.1) is 17.3 Å². The van der Waals surface area contributed by atoms with Crippen LogP contribution in [0.25, 0.3) is 0 Å². The van der Waals surface area contributed by atoms with Gasteiger partial charge >= 0.3 is 0 Å². The molecule has 2 heterocycles. The summed E-state index contributed by atoms with van der Waals surface area (Å²) in [6.45, 7) is 0.681. The number of hydrogen-bond acceptors (Lipinski definition) is 4. The first-order valence-corrected chi connectivity index (χ1v) is 10.4. The highest BCUT2D eigenvalue weighted by atomic mass is 16.2. The molecule has 0 atom stereocenters. The Hall–Kier alpha value is -3.14. The number of carbonyl (C=O) groups excluding carboxylic acids is 2. The normalized spacial score (nSPS) is 16.5. The third-order valence-corrected chi connectivity index (χ3v) is 5.73. The van der Waals surface area contributed by atoms with Gasteiger partial charge in [0.25, 0.3) is 11.8 Å². The van der Waals surface area contributed by atoms with Crippen molar-refractivity contribution in [1.82, 2.24) is 14.9 Å². The third kappa shape index (κ3) is 4.16. The number of anilines is 1. The molecule has 0 unspecified atom stereocenters. The van der Waals surface area contributed by atoms with Gasteiger partial charge in [0, 0.05) is 18.3 Å². The van der Waals surface area contributed by atoms with Crippen LogP contribution in [-0.4, -0.2) is 27.4 Å². The van der Waals surface area contributed by atoms with Crippen molar-refractivity contribution in [2.75, 3.05) is 5.32 Å². The lowest BCUT2D eigenvalue weighted by Gasteiger charge is -2.23. The molecule has 1 fully saturated rings. The highest BCUT2D eigenvalue weighted by molar-refractivity contribution is 6.03. The molecule has 150 valence electrons. The van der Waals surface area contributed by atoms with Crippen LogP contribution in [0.5, 0.6) is 0 Å². The molecule has 0 spiro atoms. The van der Waals surface area contributed by atoms with Gasteiger partial charge in [-0.2, -0.15) is 5.26 Å². The fraction of sp³-hybridized carbons (Fsp3) is 0.455. The van der Waals surface area contributed by atoms with Gasteiger partial charge < -0.3 is 15.2 Å². The van der Waals surface area contributed by atoms with Crippen molar-refractivity contribution < 1.29 is 9.59 Å². The molecule has 1 aliphatic carbocycles. The van der Waals surface area contributed by atoms with Crippen LogP contribution in [0, 0.1) is 11.3 Å². The Bertz CT molecular complexity index is 966. The number of benzene rings is 1. The van der Waals surface area contributed by atoms with E-state index in [1.807, 2.05) is 4.57 Å². The van der Waals surface area contributed by atoms with Gasteiger partial charge in [-0.25, -0.2) is 4.98 Å². The minimum atomic E-state index is -0.361. The average molecular weight is 391 g/mol. The van der Waals surface area contributed by atoms with Crippen molar-refractivity contribution in [1.29, 1.82) is 5.26 Å². The Balaban J connectivity index is 1.57. The number of hydrogen-bond donors (Lipinski definition) is 2. The zero-order valence-electron chi connectivity index (χ0n) is 16.4. The van der Waals surface area contributed by atoms with Crippen molar-refractivity contribution in [2.24, 2.45) is 0 Å². The molecule has 1 aromatic heterocycles. The molecular weight excluding hydrogens is 366 g/mol.